The van der Waals surface area contributed by atoms with Crippen LogP contribution in [-0.4, -0.2) is 23.0 Å². The molecule has 0 spiro atoms. The summed E-state index contributed by atoms with van der Waals surface area (Å²) in [5, 5.41) is 7.45. The minimum atomic E-state index is -0.394. The van der Waals surface area contributed by atoms with Gasteiger partial charge in [0, 0.05) is 22.8 Å². The second-order valence-corrected chi connectivity index (χ2v) is 7.20. The van der Waals surface area contributed by atoms with E-state index in [1.165, 1.54) is 11.3 Å². The smallest absolute Gasteiger partial charge is 0.308 e. The monoisotopic (exact) mass is 378 g/mol. The SMILES string of the molecule is CC1Cc2ccccc2N1C(=O)c1csc(NC(=O)Nc2ccccc2)n1. The molecule has 0 fully saturated rings. The maximum absolute atomic E-state index is 13.0. The highest BCUT2D eigenvalue weighted by molar-refractivity contribution is 7.14. The van der Waals surface area contributed by atoms with Crippen LogP contribution in [0.3, 0.4) is 0 Å². The van der Waals surface area contributed by atoms with Crippen LogP contribution in [-0.2, 0) is 6.42 Å². The minimum absolute atomic E-state index is 0.0781. The molecule has 2 N–H and O–H groups in total. The molecule has 1 atom stereocenters. The van der Waals surface area contributed by atoms with Crippen molar-refractivity contribution in [2.75, 3.05) is 15.5 Å². The van der Waals surface area contributed by atoms with E-state index in [1.54, 1.807) is 22.4 Å². The molecule has 3 amide bonds. The molecule has 1 unspecified atom stereocenters. The largest absolute Gasteiger partial charge is 0.325 e. The molecule has 27 heavy (non-hydrogen) atoms. The van der Waals surface area contributed by atoms with Crippen LogP contribution in [0.5, 0.6) is 0 Å². The van der Waals surface area contributed by atoms with Crippen LogP contribution in [0.4, 0.5) is 21.3 Å². The molecule has 0 saturated carbocycles. The summed E-state index contributed by atoms with van der Waals surface area (Å²) in [7, 11) is 0. The van der Waals surface area contributed by atoms with Crippen molar-refractivity contribution >= 4 is 39.8 Å². The molecule has 1 aliphatic heterocycles. The van der Waals surface area contributed by atoms with Crippen LogP contribution in [0.1, 0.15) is 23.0 Å². The average molecular weight is 378 g/mol. The predicted molar refractivity (Wildman–Crippen MR) is 108 cm³/mol. The molecular formula is C20H18N4O2S. The van der Waals surface area contributed by atoms with Gasteiger partial charge in [0.1, 0.15) is 5.69 Å². The number of anilines is 3. The van der Waals surface area contributed by atoms with Gasteiger partial charge in [0.25, 0.3) is 5.91 Å². The number of amides is 3. The molecule has 4 rings (SSSR count). The van der Waals surface area contributed by atoms with E-state index in [0.29, 0.717) is 16.5 Å². The number of fused-ring (bicyclic) bond motifs is 1. The number of benzene rings is 2. The number of carbonyl (C=O) groups excluding carboxylic acids is 2. The Balaban J connectivity index is 1.46. The number of urea groups is 1. The Labute approximate surface area is 160 Å². The molecule has 1 aliphatic rings. The van der Waals surface area contributed by atoms with Gasteiger partial charge in [-0.05, 0) is 37.1 Å². The highest BCUT2D eigenvalue weighted by Gasteiger charge is 2.32. The van der Waals surface area contributed by atoms with E-state index in [9.17, 15) is 9.59 Å². The summed E-state index contributed by atoms with van der Waals surface area (Å²) in [5.74, 6) is -0.153. The van der Waals surface area contributed by atoms with Crippen molar-refractivity contribution < 1.29 is 9.59 Å². The summed E-state index contributed by atoms with van der Waals surface area (Å²) in [6, 6.07) is 16.7. The van der Waals surface area contributed by atoms with Gasteiger partial charge in [0.15, 0.2) is 5.13 Å². The third kappa shape index (κ3) is 3.54. The van der Waals surface area contributed by atoms with Gasteiger partial charge in [-0.15, -0.1) is 11.3 Å². The zero-order chi connectivity index (χ0) is 18.8. The number of aromatic nitrogens is 1. The van der Waals surface area contributed by atoms with E-state index >= 15 is 0 Å². The highest BCUT2D eigenvalue weighted by atomic mass is 32.1. The van der Waals surface area contributed by atoms with E-state index in [0.717, 1.165) is 17.7 Å². The number of hydrogen-bond acceptors (Lipinski definition) is 4. The fourth-order valence-electron chi connectivity index (χ4n) is 3.21. The molecule has 2 heterocycles. The second-order valence-electron chi connectivity index (χ2n) is 6.34. The summed E-state index contributed by atoms with van der Waals surface area (Å²) in [6.45, 7) is 2.02. The summed E-state index contributed by atoms with van der Waals surface area (Å²) in [5.41, 5.74) is 3.11. The van der Waals surface area contributed by atoms with Gasteiger partial charge in [-0.25, -0.2) is 9.78 Å². The molecule has 0 bridgehead atoms. The van der Waals surface area contributed by atoms with Gasteiger partial charge in [0.2, 0.25) is 0 Å². The van der Waals surface area contributed by atoms with Crippen molar-refractivity contribution in [1.82, 2.24) is 4.98 Å². The van der Waals surface area contributed by atoms with Crippen molar-refractivity contribution in [2.45, 2.75) is 19.4 Å². The Bertz CT molecular complexity index is 986. The first-order valence-corrected chi connectivity index (χ1v) is 9.50. The lowest BCUT2D eigenvalue weighted by molar-refractivity contribution is 0.0977. The van der Waals surface area contributed by atoms with Crippen molar-refractivity contribution in [3.8, 4) is 0 Å². The zero-order valence-electron chi connectivity index (χ0n) is 14.7. The molecule has 0 saturated heterocycles. The van der Waals surface area contributed by atoms with Crippen molar-refractivity contribution in [3.63, 3.8) is 0 Å². The van der Waals surface area contributed by atoms with Crippen LogP contribution in [0.2, 0.25) is 0 Å². The molecular weight excluding hydrogens is 360 g/mol. The molecule has 1 aromatic heterocycles. The van der Waals surface area contributed by atoms with E-state index in [2.05, 4.69) is 15.6 Å². The number of rotatable bonds is 3. The standard InChI is InChI=1S/C20H18N4O2S/c1-13-11-14-7-5-6-10-17(14)24(13)18(25)16-12-27-20(22-16)23-19(26)21-15-8-3-2-4-9-15/h2-10,12-13H,11H2,1H3,(H2,21,22,23,26). The minimum Gasteiger partial charge on any atom is -0.308 e. The van der Waals surface area contributed by atoms with Crippen LogP contribution in [0, 0.1) is 0 Å². The fourth-order valence-corrected chi connectivity index (χ4v) is 3.89. The van der Waals surface area contributed by atoms with Crippen molar-refractivity contribution in [2.24, 2.45) is 0 Å². The van der Waals surface area contributed by atoms with Crippen LogP contribution >= 0.6 is 11.3 Å². The fraction of sp³-hybridized carbons (Fsp3) is 0.150. The predicted octanol–water partition coefficient (Wildman–Crippen LogP) is 4.38. The molecule has 0 aliphatic carbocycles. The molecule has 136 valence electrons. The number of para-hydroxylation sites is 2. The molecule has 0 radical (unpaired) electrons. The van der Waals surface area contributed by atoms with E-state index in [-0.39, 0.29) is 11.9 Å². The van der Waals surface area contributed by atoms with Crippen LogP contribution < -0.4 is 15.5 Å². The number of nitrogens with zero attached hydrogens (tertiary/aromatic N) is 2. The average Bonchev–Trinajstić information content (AvgIpc) is 3.25. The third-order valence-corrected chi connectivity index (χ3v) is 5.16. The first kappa shape index (κ1) is 17.2. The molecule has 3 aromatic rings. The number of thiazole rings is 1. The van der Waals surface area contributed by atoms with E-state index < -0.39 is 6.03 Å². The Morgan fingerprint density at radius 2 is 1.81 bits per heavy atom. The quantitative estimate of drug-likeness (QED) is 0.710. The number of carbonyl (C=O) groups is 2. The van der Waals surface area contributed by atoms with Crippen molar-refractivity contribution in [1.29, 1.82) is 0 Å². The number of hydrogen-bond donors (Lipinski definition) is 2. The first-order chi connectivity index (χ1) is 13.1. The summed E-state index contributed by atoms with van der Waals surface area (Å²) < 4.78 is 0. The second kappa shape index (κ2) is 7.20. The Kier molecular flexibility index (Phi) is 4.60. The van der Waals surface area contributed by atoms with Gasteiger partial charge in [-0.2, -0.15) is 0 Å². The maximum atomic E-state index is 13.0. The maximum Gasteiger partial charge on any atom is 0.325 e. The number of nitrogens with one attached hydrogen (secondary N) is 2. The normalized spacial score (nSPS) is 15.3. The van der Waals surface area contributed by atoms with E-state index in [1.807, 2.05) is 49.4 Å². The van der Waals surface area contributed by atoms with Gasteiger partial charge < -0.3 is 10.2 Å². The first-order valence-electron chi connectivity index (χ1n) is 8.62. The third-order valence-electron chi connectivity index (χ3n) is 4.40. The lowest BCUT2D eigenvalue weighted by Gasteiger charge is -2.21. The van der Waals surface area contributed by atoms with Crippen LogP contribution in [0.15, 0.2) is 60.0 Å². The van der Waals surface area contributed by atoms with Gasteiger partial charge >= 0.3 is 6.03 Å². The molecule has 2 aromatic carbocycles. The van der Waals surface area contributed by atoms with Gasteiger partial charge in [-0.3, -0.25) is 10.1 Å². The topological polar surface area (TPSA) is 74.3 Å². The zero-order valence-corrected chi connectivity index (χ0v) is 15.5. The molecule has 6 nitrogen and oxygen atoms in total. The summed E-state index contributed by atoms with van der Waals surface area (Å²) in [4.78, 5) is 31.1. The lowest BCUT2D eigenvalue weighted by atomic mass is 10.1. The summed E-state index contributed by atoms with van der Waals surface area (Å²) in [6.07, 6.45) is 0.830. The highest BCUT2D eigenvalue weighted by Crippen LogP contribution is 2.33. The molecule has 7 heteroatoms. The van der Waals surface area contributed by atoms with E-state index in [4.69, 9.17) is 0 Å². The van der Waals surface area contributed by atoms with Crippen LogP contribution in [0.25, 0.3) is 0 Å². The van der Waals surface area contributed by atoms with Gasteiger partial charge in [-0.1, -0.05) is 36.4 Å². The van der Waals surface area contributed by atoms with Crippen molar-refractivity contribution in [3.05, 3.63) is 71.2 Å². The Hall–Kier alpha value is -3.19. The Morgan fingerprint density at radius 3 is 2.63 bits per heavy atom. The lowest BCUT2D eigenvalue weighted by Crippen LogP contribution is -2.35. The van der Waals surface area contributed by atoms with Gasteiger partial charge in [0.05, 0.1) is 0 Å². The summed E-state index contributed by atoms with van der Waals surface area (Å²) >= 11 is 1.23. The Morgan fingerprint density at radius 1 is 1.07 bits per heavy atom.